The highest BCUT2D eigenvalue weighted by Crippen LogP contribution is 2.15. The van der Waals surface area contributed by atoms with Gasteiger partial charge in [-0.05, 0) is 54.8 Å². The van der Waals surface area contributed by atoms with Gasteiger partial charge < -0.3 is 10.1 Å². The maximum Gasteiger partial charge on any atom is 0.251 e. The zero-order valence-electron chi connectivity index (χ0n) is 14.7. The van der Waals surface area contributed by atoms with E-state index in [0.29, 0.717) is 12.1 Å². The zero-order valence-corrected chi connectivity index (χ0v) is 17.1. The standard InChI is InChI=1S/C19H21BrN2O4S/c20-16-7-9-18(10-8-16)27(24,25)22-12-14-3-5-15(6-4-14)19(23)21-13-17-2-1-11-26-17/h3-10,17,22H,1-2,11-13H2,(H,21,23)/t17-/m1/s1. The molecule has 0 aliphatic carbocycles. The molecule has 1 atom stereocenters. The molecule has 0 bridgehead atoms. The van der Waals surface area contributed by atoms with Crippen molar-refractivity contribution in [3.05, 3.63) is 64.1 Å². The lowest BCUT2D eigenvalue weighted by Gasteiger charge is -2.11. The van der Waals surface area contributed by atoms with E-state index >= 15 is 0 Å². The van der Waals surface area contributed by atoms with Crippen LogP contribution in [0, 0.1) is 0 Å². The number of rotatable bonds is 7. The van der Waals surface area contributed by atoms with E-state index in [1.54, 1.807) is 36.4 Å². The van der Waals surface area contributed by atoms with Crippen LogP contribution in [0.4, 0.5) is 0 Å². The molecule has 1 aliphatic rings. The predicted molar refractivity (Wildman–Crippen MR) is 106 cm³/mol. The van der Waals surface area contributed by atoms with Crippen molar-refractivity contribution < 1.29 is 17.9 Å². The quantitative estimate of drug-likeness (QED) is 0.676. The van der Waals surface area contributed by atoms with Crippen LogP contribution in [0.3, 0.4) is 0 Å². The Morgan fingerprint density at radius 1 is 1.11 bits per heavy atom. The van der Waals surface area contributed by atoms with Crippen LogP contribution in [-0.2, 0) is 21.3 Å². The van der Waals surface area contributed by atoms with Crippen molar-refractivity contribution in [3.8, 4) is 0 Å². The van der Waals surface area contributed by atoms with Gasteiger partial charge in [0.1, 0.15) is 0 Å². The van der Waals surface area contributed by atoms with Crippen molar-refractivity contribution in [2.24, 2.45) is 0 Å². The summed E-state index contributed by atoms with van der Waals surface area (Å²) < 4.78 is 33.5. The van der Waals surface area contributed by atoms with Crippen LogP contribution in [0.2, 0.25) is 0 Å². The number of carbonyl (C=O) groups is 1. The molecule has 0 aromatic heterocycles. The summed E-state index contributed by atoms with van der Waals surface area (Å²) in [5, 5.41) is 2.86. The van der Waals surface area contributed by atoms with E-state index in [2.05, 4.69) is 26.0 Å². The number of benzene rings is 2. The van der Waals surface area contributed by atoms with Gasteiger partial charge in [-0.3, -0.25) is 4.79 Å². The van der Waals surface area contributed by atoms with Crippen molar-refractivity contribution in [2.45, 2.75) is 30.4 Å². The maximum atomic E-state index is 12.3. The normalized spacial score (nSPS) is 17.0. The summed E-state index contributed by atoms with van der Waals surface area (Å²) in [4.78, 5) is 12.4. The molecule has 1 heterocycles. The molecule has 0 unspecified atom stereocenters. The number of ether oxygens (including phenoxy) is 1. The minimum atomic E-state index is -3.58. The van der Waals surface area contributed by atoms with Gasteiger partial charge in [0.2, 0.25) is 10.0 Å². The Morgan fingerprint density at radius 3 is 2.44 bits per heavy atom. The Bertz CT molecular complexity index is 877. The van der Waals surface area contributed by atoms with Crippen LogP contribution in [-0.4, -0.2) is 33.6 Å². The zero-order chi connectivity index (χ0) is 19.3. The minimum Gasteiger partial charge on any atom is -0.376 e. The van der Waals surface area contributed by atoms with E-state index in [4.69, 9.17) is 4.74 Å². The van der Waals surface area contributed by atoms with Crippen LogP contribution < -0.4 is 10.0 Å². The van der Waals surface area contributed by atoms with Crippen molar-refractivity contribution in [2.75, 3.05) is 13.2 Å². The Labute approximate surface area is 167 Å². The number of hydrogen-bond donors (Lipinski definition) is 2. The molecule has 3 rings (SSSR count). The Kier molecular flexibility index (Phi) is 6.64. The fourth-order valence-electron chi connectivity index (χ4n) is 2.76. The molecule has 1 amide bonds. The second-order valence-corrected chi connectivity index (χ2v) is 9.00. The van der Waals surface area contributed by atoms with E-state index in [1.165, 1.54) is 12.1 Å². The molecule has 1 saturated heterocycles. The first-order valence-corrected chi connectivity index (χ1v) is 11.0. The summed E-state index contributed by atoms with van der Waals surface area (Å²) in [6, 6.07) is 13.3. The lowest BCUT2D eigenvalue weighted by molar-refractivity contribution is 0.0858. The van der Waals surface area contributed by atoms with Crippen molar-refractivity contribution in [1.29, 1.82) is 0 Å². The molecular weight excluding hydrogens is 432 g/mol. The van der Waals surface area contributed by atoms with Crippen molar-refractivity contribution in [3.63, 3.8) is 0 Å². The smallest absolute Gasteiger partial charge is 0.251 e. The van der Waals surface area contributed by atoms with Crippen LogP contribution in [0.15, 0.2) is 57.9 Å². The highest BCUT2D eigenvalue weighted by molar-refractivity contribution is 9.10. The summed E-state index contributed by atoms with van der Waals surface area (Å²) in [5.74, 6) is -0.160. The average Bonchev–Trinajstić information content (AvgIpc) is 3.19. The van der Waals surface area contributed by atoms with Gasteiger partial charge >= 0.3 is 0 Å². The average molecular weight is 453 g/mol. The van der Waals surface area contributed by atoms with Crippen LogP contribution in [0.5, 0.6) is 0 Å². The SMILES string of the molecule is O=C(NC[C@H]1CCCO1)c1ccc(CNS(=O)(=O)c2ccc(Br)cc2)cc1. The third-order valence-corrected chi connectivity index (χ3v) is 6.27. The van der Waals surface area contributed by atoms with Crippen LogP contribution in [0.25, 0.3) is 0 Å². The second kappa shape index (κ2) is 8.97. The largest absolute Gasteiger partial charge is 0.376 e. The molecule has 0 radical (unpaired) electrons. The molecule has 27 heavy (non-hydrogen) atoms. The van der Waals surface area contributed by atoms with Gasteiger partial charge in [-0.15, -0.1) is 0 Å². The first kappa shape index (κ1) is 20.0. The summed E-state index contributed by atoms with van der Waals surface area (Å²) >= 11 is 3.28. The first-order valence-electron chi connectivity index (χ1n) is 8.68. The number of nitrogens with one attached hydrogen (secondary N) is 2. The summed E-state index contributed by atoms with van der Waals surface area (Å²) in [6.45, 7) is 1.41. The molecule has 0 spiro atoms. The number of amides is 1. The fraction of sp³-hybridized carbons (Fsp3) is 0.316. The maximum absolute atomic E-state index is 12.3. The molecular formula is C19H21BrN2O4S. The first-order chi connectivity index (χ1) is 12.9. The number of hydrogen-bond acceptors (Lipinski definition) is 4. The molecule has 1 aliphatic heterocycles. The molecule has 2 N–H and O–H groups in total. The van der Waals surface area contributed by atoms with Gasteiger partial charge in [-0.1, -0.05) is 28.1 Å². The molecule has 2 aromatic carbocycles. The van der Waals surface area contributed by atoms with Crippen molar-refractivity contribution in [1.82, 2.24) is 10.0 Å². The molecule has 144 valence electrons. The van der Waals surface area contributed by atoms with Gasteiger partial charge in [-0.25, -0.2) is 13.1 Å². The number of halogens is 1. The topological polar surface area (TPSA) is 84.5 Å². The molecule has 2 aromatic rings. The number of sulfonamides is 1. The summed E-state index contributed by atoms with van der Waals surface area (Å²) in [6.07, 6.45) is 2.10. The van der Waals surface area contributed by atoms with E-state index < -0.39 is 10.0 Å². The van der Waals surface area contributed by atoms with Gasteiger partial charge in [-0.2, -0.15) is 0 Å². The second-order valence-electron chi connectivity index (χ2n) is 6.32. The third-order valence-electron chi connectivity index (χ3n) is 4.32. The fourth-order valence-corrected chi connectivity index (χ4v) is 4.05. The number of carbonyl (C=O) groups excluding carboxylic acids is 1. The lowest BCUT2D eigenvalue weighted by atomic mass is 10.1. The van der Waals surface area contributed by atoms with Crippen molar-refractivity contribution >= 4 is 31.9 Å². The summed E-state index contributed by atoms with van der Waals surface area (Å²) in [5.41, 5.74) is 1.30. The molecule has 8 heteroatoms. The van der Waals surface area contributed by atoms with Gasteiger partial charge in [0.25, 0.3) is 5.91 Å². The lowest BCUT2D eigenvalue weighted by Crippen LogP contribution is -2.31. The Hall–Kier alpha value is -1.74. The van der Waals surface area contributed by atoms with Gasteiger partial charge in [0.05, 0.1) is 11.0 Å². The minimum absolute atomic E-state index is 0.0984. The highest BCUT2D eigenvalue weighted by atomic mass is 79.9. The van der Waals surface area contributed by atoms with Gasteiger partial charge in [0.15, 0.2) is 0 Å². The summed E-state index contributed by atoms with van der Waals surface area (Å²) in [7, 11) is -3.58. The third kappa shape index (κ3) is 5.62. The van der Waals surface area contributed by atoms with E-state index in [9.17, 15) is 13.2 Å². The van der Waals surface area contributed by atoms with E-state index in [1.807, 2.05) is 0 Å². The molecule has 0 saturated carbocycles. The highest BCUT2D eigenvalue weighted by Gasteiger charge is 2.17. The van der Waals surface area contributed by atoms with E-state index in [0.717, 1.165) is 29.5 Å². The molecule has 6 nitrogen and oxygen atoms in total. The monoisotopic (exact) mass is 452 g/mol. The van der Waals surface area contributed by atoms with Gasteiger partial charge in [0, 0.05) is 29.7 Å². The predicted octanol–water partition coefficient (Wildman–Crippen LogP) is 2.84. The van der Waals surface area contributed by atoms with Crippen LogP contribution >= 0.6 is 15.9 Å². The Balaban J connectivity index is 1.54. The Morgan fingerprint density at radius 2 is 1.81 bits per heavy atom. The molecule has 1 fully saturated rings. The van der Waals surface area contributed by atoms with Crippen LogP contribution in [0.1, 0.15) is 28.8 Å². The van der Waals surface area contributed by atoms with E-state index in [-0.39, 0.29) is 23.5 Å².